The summed E-state index contributed by atoms with van der Waals surface area (Å²) < 4.78 is 10.7. The van der Waals surface area contributed by atoms with Crippen LogP contribution in [0.4, 0.5) is 11.4 Å². The third-order valence-corrected chi connectivity index (χ3v) is 3.42. The van der Waals surface area contributed by atoms with Crippen LogP contribution in [0.3, 0.4) is 0 Å². The molecule has 0 radical (unpaired) electrons. The summed E-state index contributed by atoms with van der Waals surface area (Å²) in [4.78, 5) is 22.0. The van der Waals surface area contributed by atoms with E-state index in [1.807, 2.05) is 6.92 Å². The van der Waals surface area contributed by atoms with Crippen LogP contribution < -0.4 is 20.2 Å². The minimum Gasteiger partial charge on any atom is -0.493 e. The van der Waals surface area contributed by atoms with E-state index in [1.165, 1.54) is 19.4 Å². The number of benzene rings is 2. The number of anilines is 1. The molecule has 2 aromatic rings. The molecule has 142 valence electrons. The Balaban J connectivity index is 2.06. The maximum Gasteiger partial charge on any atom is 0.294 e. The molecule has 0 fully saturated rings. The Morgan fingerprint density at radius 3 is 2.74 bits per heavy atom. The number of ether oxygens (including phenoxy) is 2. The van der Waals surface area contributed by atoms with E-state index in [9.17, 15) is 14.9 Å². The van der Waals surface area contributed by atoms with E-state index in [-0.39, 0.29) is 23.9 Å². The third-order valence-electron chi connectivity index (χ3n) is 3.42. The van der Waals surface area contributed by atoms with Gasteiger partial charge in [-0.2, -0.15) is 5.10 Å². The average molecular weight is 372 g/mol. The number of rotatable bonds is 9. The Morgan fingerprint density at radius 1 is 1.26 bits per heavy atom. The van der Waals surface area contributed by atoms with Crippen molar-refractivity contribution >= 4 is 23.5 Å². The Hall–Kier alpha value is -3.62. The molecule has 0 aromatic heterocycles. The van der Waals surface area contributed by atoms with Crippen molar-refractivity contribution in [2.24, 2.45) is 5.10 Å². The Labute approximate surface area is 156 Å². The SMILES string of the molecule is CCNC(=O)COc1ccc(C=NNc2ccccc2[N+](=O)[O-])cc1OC. The van der Waals surface area contributed by atoms with Crippen LogP contribution >= 0.6 is 0 Å². The number of para-hydroxylation sites is 2. The molecule has 9 nitrogen and oxygen atoms in total. The van der Waals surface area contributed by atoms with Crippen LogP contribution in [0.25, 0.3) is 0 Å². The van der Waals surface area contributed by atoms with E-state index in [2.05, 4.69) is 15.8 Å². The van der Waals surface area contributed by atoms with Gasteiger partial charge in [0.25, 0.3) is 11.6 Å². The largest absolute Gasteiger partial charge is 0.493 e. The molecule has 0 aliphatic heterocycles. The second-order valence-corrected chi connectivity index (χ2v) is 5.30. The molecule has 0 unspecified atom stereocenters. The van der Waals surface area contributed by atoms with Gasteiger partial charge in [0.1, 0.15) is 5.69 Å². The smallest absolute Gasteiger partial charge is 0.294 e. The van der Waals surface area contributed by atoms with Gasteiger partial charge in [0.2, 0.25) is 0 Å². The van der Waals surface area contributed by atoms with Crippen LogP contribution in [0.1, 0.15) is 12.5 Å². The predicted molar refractivity (Wildman–Crippen MR) is 101 cm³/mol. The van der Waals surface area contributed by atoms with E-state index in [4.69, 9.17) is 9.47 Å². The van der Waals surface area contributed by atoms with Crippen molar-refractivity contribution < 1.29 is 19.2 Å². The van der Waals surface area contributed by atoms with Gasteiger partial charge < -0.3 is 14.8 Å². The van der Waals surface area contributed by atoms with Crippen molar-refractivity contribution in [2.45, 2.75) is 6.92 Å². The molecule has 0 heterocycles. The number of nitro benzene ring substituents is 1. The van der Waals surface area contributed by atoms with Crippen LogP contribution in [-0.4, -0.2) is 37.3 Å². The fraction of sp³-hybridized carbons (Fsp3) is 0.222. The summed E-state index contributed by atoms with van der Waals surface area (Å²) in [6, 6.07) is 11.3. The molecule has 1 amide bonds. The minimum absolute atomic E-state index is 0.0682. The van der Waals surface area contributed by atoms with Crippen molar-refractivity contribution in [3.05, 3.63) is 58.1 Å². The van der Waals surface area contributed by atoms with Crippen LogP contribution in [0.2, 0.25) is 0 Å². The monoisotopic (exact) mass is 372 g/mol. The number of nitrogens with zero attached hydrogens (tertiary/aromatic N) is 2. The standard InChI is InChI=1S/C18H20N4O5/c1-3-19-18(23)12-27-16-9-8-13(10-17(16)26-2)11-20-21-14-6-4-5-7-15(14)22(24)25/h4-11,21H,3,12H2,1-2H3,(H,19,23). The van der Waals surface area contributed by atoms with E-state index in [0.717, 1.165) is 0 Å². The average Bonchev–Trinajstić information content (AvgIpc) is 2.67. The second-order valence-electron chi connectivity index (χ2n) is 5.30. The number of hydrogen-bond acceptors (Lipinski definition) is 7. The first-order valence-corrected chi connectivity index (χ1v) is 8.15. The molecular formula is C18H20N4O5. The molecule has 0 saturated heterocycles. The van der Waals surface area contributed by atoms with Gasteiger partial charge in [-0.15, -0.1) is 0 Å². The van der Waals surface area contributed by atoms with Gasteiger partial charge >= 0.3 is 0 Å². The molecule has 0 atom stereocenters. The van der Waals surface area contributed by atoms with E-state index in [0.29, 0.717) is 23.6 Å². The zero-order valence-corrected chi connectivity index (χ0v) is 15.0. The number of carbonyl (C=O) groups excluding carboxylic acids is 1. The fourth-order valence-corrected chi connectivity index (χ4v) is 2.18. The van der Waals surface area contributed by atoms with E-state index >= 15 is 0 Å². The number of hydrazone groups is 1. The summed E-state index contributed by atoms with van der Waals surface area (Å²) in [5.41, 5.74) is 3.55. The number of likely N-dealkylation sites (N-methyl/N-ethyl adjacent to an activating group) is 1. The number of hydrogen-bond donors (Lipinski definition) is 2. The zero-order valence-electron chi connectivity index (χ0n) is 15.0. The summed E-state index contributed by atoms with van der Waals surface area (Å²) in [6.45, 7) is 2.24. The summed E-state index contributed by atoms with van der Waals surface area (Å²) >= 11 is 0. The summed E-state index contributed by atoms with van der Waals surface area (Å²) in [5, 5.41) is 17.6. The Kier molecular flexibility index (Phi) is 7.12. The topological polar surface area (TPSA) is 115 Å². The minimum atomic E-state index is -0.484. The van der Waals surface area contributed by atoms with Gasteiger partial charge in [0.15, 0.2) is 18.1 Å². The van der Waals surface area contributed by atoms with Crippen LogP contribution in [0.5, 0.6) is 11.5 Å². The summed E-state index contributed by atoms with van der Waals surface area (Å²) in [5.74, 6) is 0.639. The molecule has 0 bridgehead atoms. The Bertz CT molecular complexity index is 838. The highest BCUT2D eigenvalue weighted by Crippen LogP contribution is 2.27. The number of nitro groups is 1. The lowest BCUT2D eigenvalue weighted by atomic mass is 10.2. The van der Waals surface area contributed by atoms with E-state index < -0.39 is 4.92 Å². The first kappa shape index (κ1) is 19.7. The van der Waals surface area contributed by atoms with Crippen molar-refractivity contribution in [1.29, 1.82) is 0 Å². The molecule has 9 heteroatoms. The Morgan fingerprint density at radius 2 is 2.04 bits per heavy atom. The van der Waals surface area contributed by atoms with Crippen molar-refractivity contribution in [3.8, 4) is 11.5 Å². The molecule has 0 aliphatic carbocycles. The highest BCUT2D eigenvalue weighted by Gasteiger charge is 2.11. The molecule has 2 aromatic carbocycles. The molecule has 0 saturated carbocycles. The maximum absolute atomic E-state index is 11.5. The molecule has 2 N–H and O–H groups in total. The van der Waals surface area contributed by atoms with E-state index in [1.54, 1.807) is 36.4 Å². The van der Waals surface area contributed by atoms with Gasteiger partial charge in [0, 0.05) is 12.6 Å². The molecule has 27 heavy (non-hydrogen) atoms. The van der Waals surface area contributed by atoms with Crippen molar-refractivity contribution in [1.82, 2.24) is 5.32 Å². The molecule has 0 aliphatic rings. The zero-order chi connectivity index (χ0) is 19.6. The highest BCUT2D eigenvalue weighted by molar-refractivity contribution is 5.82. The number of methoxy groups -OCH3 is 1. The normalized spacial score (nSPS) is 10.4. The van der Waals surface area contributed by atoms with Crippen LogP contribution in [-0.2, 0) is 4.79 Å². The van der Waals surface area contributed by atoms with Crippen molar-refractivity contribution in [2.75, 3.05) is 25.7 Å². The molecule has 0 spiro atoms. The fourth-order valence-electron chi connectivity index (χ4n) is 2.18. The highest BCUT2D eigenvalue weighted by atomic mass is 16.6. The van der Waals surface area contributed by atoms with Crippen LogP contribution in [0, 0.1) is 10.1 Å². The summed E-state index contributed by atoms with van der Waals surface area (Å²) in [7, 11) is 1.49. The lowest BCUT2D eigenvalue weighted by Gasteiger charge is -2.11. The van der Waals surface area contributed by atoms with Gasteiger partial charge in [0.05, 0.1) is 18.2 Å². The lowest BCUT2D eigenvalue weighted by Crippen LogP contribution is -2.28. The maximum atomic E-state index is 11.5. The van der Waals surface area contributed by atoms with Gasteiger partial charge in [-0.1, -0.05) is 12.1 Å². The van der Waals surface area contributed by atoms with Gasteiger partial charge in [-0.05, 0) is 36.8 Å². The number of nitrogens with one attached hydrogen (secondary N) is 2. The van der Waals surface area contributed by atoms with Crippen molar-refractivity contribution in [3.63, 3.8) is 0 Å². The number of amides is 1. The number of carbonyl (C=O) groups is 1. The van der Waals surface area contributed by atoms with Gasteiger partial charge in [-0.3, -0.25) is 20.3 Å². The summed E-state index contributed by atoms with van der Waals surface area (Å²) in [6.07, 6.45) is 1.49. The quantitative estimate of drug-likeness (QED) is 0.397. The molecule has 2 rings (SSSR count). The second kappa shape index (κ2) is 9.76. The third kappa shape index (κ3) is 5.70. The first-order valence-electron chi connectivity index (χ1n) is 8.15. The predicted octanol–water partition coefficient (Wildman–Crippen LogP) is 2.56. The van der Waals surface area contributed by atoms with Crippen LogP contribution in [0.15, 0.2) is 47.6 Å². The lowest BCUT2D eigenvalue weighted by molar-refractivity contribution is -0.384. The van der Waals surface area contributed by atoms with Gasteiger partial charge in [-0.25, -0.2) is 0 Å². The first-order chi connectivity index (χ1) is 13.0. The molecular weight excluding hydrogens is 352 g/mol.